The van der Waals surface area contributed by atoms with E-state index in [1.807, 2.05) is 6.92 Å². The summed E-state index contributed by atoms with van der Waals surface area (Å²) in [4.78, 5) is 4.89. The quantitative estimate of drug-likeness (QED) is 0.100. The molecule has 0 spiro atoms. The molecule has 0 aliphatic rings. The van der Waals surface area contributed by atoms with E-state index in [1.165, 1.54) is 108 Å². The van der Waals surface area contributed by atoms with Crippen LogP contribution in [0.15, 0.2) is 29.2 Å². The van der Waals surface area contributed by atoms with E-state index in [1.54, 1.807) is 23.0 Å². The van der Waals surface area contributed by atoms with Crippen LogP contribution < -0.4 is 0 Å². The molecule has 0 radical (unpaired) electrons. The third kappa shape index (κ3) is 21.8. The molecule has 0 saturated heterocycles. The molecule has 0 aliphatic carbocycles. The first-order valence-electron chi connectivity index (χ1n) is 13.1. The molecule has 0 fully saturated rings. The van der Waals surface area contributed by atoms with Crippen molar-refractivity contribution in [2.45, 2.75) is 136 Å². The number of aryl methyl sites for hydroxylation is 1. The Morgan fingerprint density at radius 2 is 1.00 bits per heavy atom. The van der Waals surface area contributed by atoms with Gasteiger partial charge in [0.05, 0.1) is 4.90 Å². The number of rotatable bonds is 18. The van der Waals surface area contributed by atoms with Crippen LogP contribution in [0, 0.1) is 6.92 Å². The Bertz CT molecular complexity index is 627. The van der Waals surface area contributed by atoms with Crippen LogP contribution in [-0.4, -0.2) is 32.7 Å². The zero-order valence-electron chi connectivity index (χ0n) is 21.5. The second-order valence-electron chi connectivity index (χ2n) is 9.53. The summed E-state index contributed by atoms with van der Waals surface area (Å²) in [5, 5.41) is 0. The van der Waals surface area contributed by atoms with Gasteiger partial charge in [-0.1, -0.05) is 56.7 Å². The van der Waals surface area contributed by atoms with Crippen LogP contribution in [0.25, 0.3) is 0 Å². The van der Waals surface area contributed by atoms with Gasteiger partial charge >= 0.3 is 105 Å². The number of hydrogen-bond donors (Lipinski definition) is 0. The summed E-state index contributed by atoms with van der Waals surface area (Å²) in [6, 6.07) is 5.78. The second-order valence-corrected chi connectivity index (χ2v) is 19.2. The van der Waals surface area contributed by atoms with Gasteiger partial charge in [0, 0.05) is 0 Å². The van der Waals surface area contributed by atoms with Crippen LogP contribution >= 0.6 is 0 Å². The Morgan fingerprint density at radius 1 is 0.656 bits per heavy atom. The van der Waals surface area contributed by atoms with Gasteiger partial charge in [0.25, 0.3) is 0 Å². The van der Waals surface area contributed by atoms with E-state index >= 15 is 0 Å². The molecule has 0 heterocycles. The van der Waals surface area contributed by atoms with E-state index in [-0.39, 0.29) is 4.90 Å². The topological polar surface area (TPSA) is 57.2 Å². The molecule has 0 N–H and O–H groups in total. The van der Waals surface area contributed by atoms with E-state index in [0.29, 0.717) is 0 Å². The normalized spacial score (nSPS) is 11.2. The van der Waals surface area contributed by atoms with Crippen molar-refractivity contribution in [2.75, 3.05) is 0 Å². The van der Waals surface area contributed by atoms with E-state index in [2.05, 4.69) is 16.8 Å². The summed E-state index contributed by atoms with van der Waals surface area (Å²) in [6.07, 6.45) is 23.8. The van der Waals surface area contributed by atoms with Crippen LogP contribution in [0.3, 0.4) is 0 Å². The van der Waals surface area contributed by atoms with Gasteiger partial charge in [-0.2, -0.15) is 0 Å². The SMILES string of the molecule is CCCCCCCCCCCCCCCCC[CH2][Sn+]([CH3])[CH3].Cc1ccc(S(=O)(=O)[O-])cc1. The van der Waals surface area contributed by atoms with E-state index < -0.39 is 29.9 Å². The van der Waals surface area contributed by atoms with E-state index in [0.717, 1.165) is 5.56 Å². The van der Waals surface area contributed by atoms with E-state index in [9.17, 15) is 13.0 Å². The molecule has 0 amide bonds. The zero-order chi connectivity index (χ0) is 24.1. The average Bonchev–Trinajstić information content (AvgIpc) is 2.73. The first kappa shape index (κ1) is 31.9. The largest absolute Gasteiger partial charge is 0.744 e. The summed E-state index contributed by atoms with van der Waals surface area (Å²) in [5.41, 5.74) is 0.928. The molecule has 1 aromatic carbocycles. The van der Waals surface area contributed by atoms with Gasteiger partial charge in [-0.3, -0.25) is 0 Å². The standard InChI is InChI=1S/C18H37.C7H8O3S.2CH3.Sn/c1-3-5-7-9-11-13-15-17-18-16-14-12-10-8-6-4-2;1-6-2-4-7(5-3-6)11(8,9)10;;;/h1,3-18H2,2H3;2-5H,1H3,(H,8,9,10);2*1H3;/q;;;;+1/p-1. The van der Waals surface area contributed by atoms with Crippen molar-refractivity contribution < 1.29 is 13.0 Å². The Kier molecular flexibility index (Phi) is 21.4. The minimum absolute atomic E-state index is 0.178. The number of hydrogen-bond acceptors (Lipinski definition) is 3. The van der Waals surface area contributed by atoms with Crippen LogP contribution in [0.5, 0.6) is 0 Å². The predicted molar refractivity (Wildman–Crippen MR) is 141 cm³/mol. The fraction of sp³-hybridized carbons (Fsp3) is 0.778. The monoisotopic (exact) mass is 574 g/mol. The maximum Gasteiger partial charge on any atom is 0.124 e. The van der Waals surface area contributed by atoms with Gasteiger partial charge in [0.1, 0.15) is 10.1 Å². The molecule has 0 unspecified atom stereocenters. The third-order valence-electron chi connectivity index (χ3n) is 5.84. The Labute approximate surface area is 207 Å². The van der Waals surface area contributed by atoms with Gasteiger partial charge in [-0.05, 0) is 19.1 Å². The van der Waals surface area contributed by atoms with Crippen LogP contribution in [0.1, 0.15) is 115 Å². The van der Waals surface area contributed by atoms with Crippen molar-refractivity contribution in [3.05, 3.63) is 29.8 Å². The first-order chi connectivity index (χ1) is 15.3. The molecule has 186 valence electrons. The molecular formula is C27H50O3SSn. The maximum atomic E-state index is 10.4. The zero-order valence-corrected chi connectivity index (χ0v) is 25.1. The van der Waals surface area contributed by atoms with Crippen LogP contribution in [0.4, 0.5) is 0 Å². The van der Waals surface area contributed by atoms with Crippen molar-refractivity contribution in [3.63, 3.8) is 0 Å². The van der Waals surface area contributed by atoms with Gasteiger partial charge in [0.15, 0.2) is 0 Å². The molecule has 0 aliphatic heterocycles. The fourth-order valence-corrected chi connectivity index (χ4v) is 6.93. The fourth-order valence-electron chi connectivity index (χ4n) is 3.73. The molecule has 1 aromatic rings. The van der Waals surface area contributed by atoms with Crippen molar-refractivity contribution in [1.29, 1.82) is 0 Å². The molecule has 1 rings (SSSR count). The molecule has 3 nitrogen and oxygen atoms in total. The minimum Gasteiger partial charge on any atom is -0.744 e. The second kappa shape index (κ2) is 21.5. The first-order valence-corrected chi connectivity index (χ1v) is 22.2. The molecular weight excluding hydrogens is 523 g/mol. The Balaban J connectivity index is 0.000000726. The van der Waals surface area contributed by atoms with Gasteiger partial charge in [-0.15, -0.1) is 0 Å². The molecule has 0 aromatic heterocycles. The van der Waals surface area contributed by atoms with Crippen molar-refractivity contribution in [3.8, 4) is 0 Å². The summed E-state index contributed by atoms with van der Waals surface area (Å²) >= 11 is -0.747. The Morgan fingerprint density at radius 3 is 1.31 bits per heavy atom. The van der Waals surface area contributed by atoms with Crippen molar-refractivity contribution in [1.82, 2.24) is 0 Å². The van der Waals surface area contributed by atoms with Gasteiger partial charge in [0.2, 0.25) is 0 Å². The summed E-state index contributed by atoms with van der Waals surface area (Å²) in [5.74, 6) is 0. The molecule has 0 atom stereocenters. The molecule has 0 saturated carbocycles. The third-order valence-corrected chi connectivity index (χ3v) is 10.6. The average molecular weight is 573 g/mol. The predicted octanol–water partition coefficient (Wildman–Crippen LogP) is 8.90. The maximum absolute atomic E-state index is 10.4. The summed E-state index contributed by atoms with van der Waals surface area (Å²) < 4.78 is 32.8. The summed E-state index contributed by atoms with van der Waals surface area (Å²) in [6.45, 7) is 4.12. The van der Waals surface area contributed by atoms with Crippen LogP contribution in [0.2, 0.25) is 14.3 Å². The van der Waals surface area contributed by atoms with Gasteiger partial charge < -0.3 is 4.55 Å². The Hall–Kier alpha value is -0.0713. The van der Waals surface area contributed by atoms with Gasteiger partial charge in [-0.25, -0.2) is 8.42 Å². The number of unbranched alkanes of at least 4 members (excludes halogenated alkanes) is 15. The number of benzene rings is 1. The summed E-state index contributed by atoms with van der Waals surface area (Å²) in [7, 11) is -4.27. The minimum atomic E-state index is -4.27. The van der Waals surface area contributed by atoms with Crippen molar-refractivity contribution in [2.24, 2.45) is 0 Å². The molecule has 32 heavy (non-hydrogen) atoms. The smallest absolute Gasteiger partial charge is 0.124 e. The van der Waals surface area contributed by atoms with Crippen LogP contribution in [-0.2, 0) is 10.1 Å². The van der Waals surface area contributed by atoms with Crippen molar-refractivity contribution >= 4 is 29.9 Å². The molecule has 5 heteroatoms. The molecule has 0 bridgehead atoms. The van der Waals surface area contributed by atoms with E-state index in [4.69, 9.17) is 0 Å².